The topological polar surface area (TPSA) is 63.6 Å². The number of Topliss-reactive ketones (excluding diaryl/α,β-unsaturated/α-hetero) is 1. The van der Waals surface area contributed by atoms with Crippen molar-refractivity contribution in [1.82, 2.24) is 19.7 Å². The number of aromatic nitrogens is 4. The van der Waals surface area contributed by atoms with Crippen LogP contribution >= 0.6 is 11.8 Å². The van der Waals surface area contributed by atoms with Gasteiger partial charge in [-0.1, -0.05) is 66.4 Å². The lowest BCUT2D eigenvalue weighted by atomic mass is 10.1. The number of rotatable bonds is 6. The summed E-state index contributed by atoms with van der Waals surface area (Å²) in [5.74, 6) is 1.10. The lowest BCUT2D eigenvalue weighted by Crippen LogP contribution is -2.05. The Hall–Kier alpha value is -3.64. The smallest absolute Gasteiger partial charge is 0.196 e. The predicted octanol–water partition coefficient (Wildman–Crippen LogP) is 6.01. The highest BCUT2D eigenvalue weighted by Gasteiger charge is 2.19. The summed E-state index contributed by atoms with van der Waals surface area (Å²) < 4.78 is 2.04. The van der Waals surface area contributed by atoms with Gasteiger partial charge in [0, 0.05) is 28.2 Å². The van der Waals surface area contributed by atoms with Crippen molar-refractivity contribution in [3.8, 4) is 17.1 Å². The van der Waals surface area contributed by atoms with Crippen LogP contribution in [0.3, 0.4) is 0 Å². The first-order chi connectivity index (χ1) is 15.6. The number of hydrogen-bond donors (Lipinski definition) is 1. The summed E-state index contributed by atoms with van der Waals surface area (Å²) in [6.07, 6.45) is 1.79. The highest BCUT2D eigenvalue weighted by atomic mass is 32.2. The zero-order valence-corrected chi connectivity index (χ0v) is 18.7. The van der Waals surface area contributed by atoms with Gasteiger partial charge >= 0.3 is 0 Å². The average Bonchev–Trinajstić information content (AvgIpc) is 3.44. The Kier molecular flexibility index (Phi) is 5.37. The molecule has 0 unspecified atom stereocenters. The van der Waals surface area contributed by atoms with E-state index >= 15 is 0 Å². The van der Waals surface area contributed by atoms with Crippen LogP contribution in [0.15, 0.2) is 84.1 Å². The molecule has 32 heavy (non-hydrogen) atoms. The van der Waals surface area contributed by atoms with Gasteiger partial charge in [0.1, 0.15) is 0 Å². The molecule has 3 aromatic carbocycles. The molecule has 0 saturated carbocycles. The molecular weight excluding hydrogens is 416 g/mol. The zero-order chi connectivity index (χ0) is 22.1. The molecule has 0 amide bonds. The quantitative estimate of drug-likeness (QED) is 0.261. The van der Waals surface area contributed by atoms with Gasteiger partial charge in [-0.2, -0.15) is 0 Å². The number of carbonyl (C=O) groups excluding carboxylic acids is 1. The fourth-order valence-electron chi connectivity index (χ4n) is 3.75. The Balaban J connectivity index is 1.50. The van der Waals surface area contributed by atoms with Crippen LogP contribution in [0, 0.1) is 13.8 Å². The van der Waals surface area contributed by atoms with Gasteiger partial charge in [0.2, 0.25) is 0 Å². The summed E-state index contributed by atoms with van der Waals surface area (Å²) in [7, 11) is 0. The van der Waals surface area contributed by atoms with E-state index in [1.54, 1.807) is 6.20 Å². The summed E-state index contributed by atoms with van der Waals surface area (Å²) in [6.45, 7) is 4.19. The first-order valence-corrected chi connectivity index (χ1v) is 11.4. The second-order valence-corrected chi connectivity index (χ2v) is 8.68. The van der Waals surface area contributed by atoms with Gasteiger partial charge in [0.15, 0.2) is 16.8 Å². The lowest BCUT2D eigenvalue weighted by molar-refractivity contribution is 0.102. The van der Waals surface area contributed by atoms with Crippen molar-refractivity contribution in [1.29, 1.82) is 0 Å². The van der Waals surface area contributed by atoms with Crippen molar-refractivity contribution < 1.29 is 4.79 Å². The third-order valence-corrected chi connectivity index (χ3v) is 6.57. The molecule has 0 radical (unpaired) electrons. The van der Waals surface area contributed by atoms with E-state index in [9.17, 15) is 4.79 Å². The molecule has 158 valence electrons. The molecule has 5 rings (SSSR count). The number of H-pyrrole nitrogens is 1. The molecule has 0 saturated heterocycles. The van der Waals surface area contributed by atoms with Gasteiger partial charge in [-0.25, -0.2) is 0 Å². The van der Waals surface area contributed by atoms with Crippen LogP contribution in [-0.2, 0) is 0 Å². The molecule has 2 aromatic heterocycles. The van der Waals surface area contributed by atoms with Crippen LogP contribution < -0.4 is 0 Å². The molecule has 0 bridgehead atoms. The average molecular weight is 439 g/mol. The Morgan fingerprint density at radius 2 is 1.72 bits per heavy atom. The summed E-state index contributed by atoms with van der Waals surface area (Å²) in [6, 6.07) is 24.2. The molecule has 5 nitrogen and oxygen atoms in total. The first-order valence-electron chi connectivity index (χ1n) is 10.4. The number of carbonyl (C=O) groups is 1. The highest BCUT2D eigenvalue weighted by molar-refractivity contribution is 7.99. The van der Waals surface area contributed by atoms with Crippen molar-refractivity contribution in [2.75, 3.05) is 5.75 Å². The standard InChI is InChI=1S/C26H22N4OS/c1-17-12-13-20(14-18(17)2)30-25(19-8-4-3-5-9-19)28-29-26(30)32-16-24(31)22-15-27-23-11-7-6-10-21(22)23/h3-15,27H,16H2,1-2H3. The number of hydrogen-bond acceptors (Lipinski definition) is 4. The molecule has 0 aliphatic rings. The molecular formula is C26H22N4OS. The summed E-state index contributed by atoms with van der Waals surface area (Å²) in [5.41, 5.74) is 6.05. The molecule has 0 spiro atoms. The molecule has 0 aliphatic carbocycles. The predicted molar refractivity (Wildman–Crippen MR) is 130 cm³/mol. The van der Waals surface area contributed by atoms with Crippen molar-refractivity contribution in [2.24, 2.45) is 0 Å². The molecule has 6 heteroatoms. The third-order valence-electron chi connectivity index (χ3n) is 5.64. The normalized spacial score (nSPS) is 11.2. The third kappa shape index (κ3) is 3.74. The fourth-order valence-corrected chi connectivity index (χ4v) is 4.58. The highest BCUT2D eigenvalue weighted by Crippen LogP contribution is 2.30. The SMILES string of the molecule is Cc1ccc(-n2c(SCC(=O)c3c[nH]c4ccccc34)nnc2-c2ccccc2)cc1C. The van der Waals surface area contributed by atoms with Crippen molar-refractivity contribution in [2.45, 2.75) is 19.0 Å². The Morgan fingerprint density at radius 1 is 0.938 bits per heavy atom. The van der Waals surface area contributed by atoms with Crippen LogP contribution in [0.25, 0.3) is 28.0 Å². The van der Waals surface area contributed by atoms with Crippen LogP contribution in [0.1, 0.15) is 21.5 Å². The number of aryl methyl sites for hydroxylation is 2. The molecule has 1 N–H and O–H groups in total. The van der Waals surface area contributed by atoms with Gasteiger partial charge in [0.25, 0.3) is 0 Å². The van der Waals surface area contributed by atoms with Crippen molar-refractivity contribution in [3.63, 3.8) is 0 Å². The van der Waals surface area contributed by atoms with E-state index in [1.807, 2.05) is 59.2 Å². The Bertz CT molecular complexity index is 1420. The zero-order valence-electron chi connectivity index (χ0n) is 17.9. The maximum atomic E-state index is 13.0. The number of aromatic amines is 1. The minimum Gasteiger partial charge on any atom is -0.360 e. The second kappa shape index (κ2) is 8.48. The van der Waals surface area contributed by atoms with Crippen LogP contribution in [0.5, 0.6) is 0 Å². The van der Waals surface area contributed by atoms with Crippen molar-refractivity contribution in [3.05, 3.63) is 95.7 Å². The monoisotopic (exact) mass is 438 g/mol. The molecule has 2 heterocycles. The van der Waals surface area contributed by atoms with E-state index in [1.165, 1.54) is 22.9 Å². The Labute approximate surface area is 190 Å². The van der Waals surface area contributed by atoms with Gasteiger partial charge in [-0.3, -0.25) is 9.36 Å². The minimum absolute atomic E-state index is 0.0587. The number of benzene rings is 3. The number of nitrogens with one attached hydrogen (secondary N) is 1. The van der Waals surface area contributed by atoms with E-state index < -0.39 is 0 Å². The Morgan fingerprint density at radius 3 is 2.53 bits per heavy atom. The van der Waals surface area contributed by atoms with E-state index in [0.717, 1.165) is 28.0 Å². The maximum Gasteiger partial charge on any atom is 0.196 e. The van der Waals surface area contributed by atoms with E-state index in [2.05, 4.69) is 47.2 Å². The maximum absolute atomic E-state index is 13.0. The summed E-state index contributed by atoms with van der Waals surface area (Å²) >= 11 is 1.41. The van der Waals surface area contributed by atoms with Crippen LogP contribution in [-0.4, -0.2) is 31.3 Å². The molecule has 0 aliphatic heterocycles. The fraction of sp³-hybridized carbons (Fsp3) is 0.115. The first kappa shape index (κ1) is 20.3. The lowest BCUT2D eigenvalue weighted by Gasteiger charge is -2.12. The number of para-hydroxylation sites is 1. The van der Waals surface area contributed by atoms with Gasteiger partial charge < -0.3 is 4.98 Å². The van der Waals surface area contributed by atoms with E-state index in [0.29, 0.717) is 10.7 Å². The number of fused-ring (bicyclic) bond motifs is 1. The summed E-state index contributed by atoms with van der Waals surface area (Å²) in [5, 5.41) is 10.6. The number of thioether (sulfide) groups is 1. The van der Waals surface area contributed by atoms with Gasteiger partial charge in [-0.05, 0) is 43.2 Å². The van der Waals surface area contributed by atoms with E-state index in [4.69, 9.17) is 0 Å². The number of ketones is 1. The molecule has 0 fully saturated rings. The second-order valence-electron chi connectivity index (χ2n) is 7.74. The van der Waals surface area contributed by atoms with Crippen LogP contribution in [0.4, 0.5) is 0 Å². The van der Waals surface area contributed by atoms with Gasteiger partial charge in [0.05, 0.1) is 11.4 Å². The van der Waals surface area contributed by atoms with Crippen molar-refractivity contribution >= 4 is 28.4 Å². The van der Waals surface area contributed by atoms with E-state index in [-0.39, 0.29) is 11.5 Å². The number of nitrogens with zero attached hydrogens (tertiary/aromatic N) is 3. The largest absolute Gasteiger partial charge is 0.360 e. The summed E-state index contributed by atoms with van der Waals surface area (Å²) in [4.78, 5) is 16.2. The van der Waals surface area contributed by atoms with Gasteiger partial charge in [-0.15, -0.1) is 10.2 Å². The molecule has 0 atom stereocenters. The van der Waals surface area contributed by atoms with Crippen LogP contribution in [0.2, 0.25) is 0 Å². The minimum atomic E-state index is 0.0587. The molecule has 5 aromatic rings.